The fraction of sp³-hybridized carbons (Fsp3) is 0.310. The maximum absolute atomic E-state index is 14.0. The Bertz CT molecular complexity index is 1440. The van der Waals surface area contributed by atoms with Crippen molar-refractivity contribution in [1.29, 1.82) is 0 Å². The molecule has 2 amide bonds. The van der Waals surface area contributed by atoms with Crippen molar-refractivity contribution in [2.75, 3.05) is 18.0 Å². The number of methoxy groups -OCH3 is 1. The topological polar surface area (TPSA) is 96.0 Å². The van der Waals surface area contributed by atoms with Crippen LogP contribution in [0.2, 0.25) is 10.0 Å². The molecule has 3 aromatic carbocycles. The number of rotatable bonds is 12. The molecule has 0 bridgehead atoms. The predicted molar refractivity (Wildman–Crippen MR) is 158 cm³/mol. The minimum Gasteiger partial charge on any atom is -0.495 e. The predicted octanol–water partition coefficient (Wildman–Crippen LogP) is 5.53. The first-order valence-electron chi connectivity index (χ1n) is 12.7. The number of para-hydroxylation sites is 2. The summed E-state index contributed by atoms with van der Waals surface area (Å²) in [5.41, 5.74) is 0.814. The average Bonchev–Trinajstić information content (AvgIpc) is 2.96. The van der Waals surface area contributed by atoms with Gasteiger partial charge >= 0.3 is 0 Å². The summed E-state index contributed by atoms with van der Waals surface area (Å²) >= 11 is 12.3. The lowest BCUT2D eigenvalue weighted by Crippen LogP contribution is -2.52. The second-order valence-corrected chi connectivity index (χ2v) is 11.9. The third-order valence-electron chi connectivity index (χ3n) is 6.47. The number of anilines is 1. The Morgan fingerprint density at radius 1 is 0.950 bits per heavy atom. The van der Waals surface area contributed by atoms with E-state index in [4.69, 9.17) is 27.9 Å². The molecule has 0 heterocycles. The van der Waals surface area contributed by atoms with E-state index in [9.17, 15) is 18.0 Å². The number of hydrogen-bond donors (Lipinski definition) is 1. The van der Waals surface area contributed by atoms with Crippen molar-refractivity contribution >= 4 is 50.7 Å². The molecule has 0 aliphatic carbocycles. The van der Waals surface area contributed by atoms with E-state index in [1.165, 1.54) is 24.1 Å². The minimum absolute atomic E-state index is 0.00400. The normalized spacial score (nSPS) is 12.8. The summed E-state index contributed by atoms with van der Waals surface area (Å²) in [4.78, 5) is 28.5. The van der Waals surface area contributed by atoms with Gasteiger partial charge in [-0.05, 0) is 62.2 Å². The van der Waals surface area contributed by atoms with Crippen molar-refractivity contribution < 1.29 is 22.7 Å². The Morgan fingerprint density at radius 2 is 1.60 bits per heavy atom. The van der Waals surface area contributed by atoms with E-state index >= 15 is 0 Å². The van der Waals surface area contributed by atoms with Gasteiger partial charge in [-0.2, -0.15) is 0 Å². The van der Waals surface area contributed by atoms with Crippen LogP contribution in [0.3, 0.4) is 0 Å². The summed E-state index contributed by atoms with van der Waals surface area (Å²) < 4.78 is 34.2. The molecule has 40 heavy (non-hydrogen) atoms. The molecule has 0 aromatic heterocycles. The Balaban J connectivity index is 2.06. The lowest BCUT2D eigenvalue weighted by atomic mass is 10.1. The third kappa shape index (κ3) is 7.47. The zero-order chi connectivity index (χ0) is 29.4. The highest BCUT2D eigenvalue weighted by molar-refractivity contribution is 7.92. The number of ether oxygens (including phenoxy) is 1. The number of carbonyl (C=O) groups excluding carboxylic acids is 2. The lowest BCUT2D eigenvalue weighted by molar-refractivity contribution is -0.139. The highest BCUT2D eigenvalue weighted by atomic mass is 35.5. The van der Waals surface area contributed by atoms with Gasteiger partial charge in [0.1, 0.15) is 18.3 Å². The van der Waals surface area contributed by atoms with Gasteiger partial charge in [0, 0.05) is 12.6 Å². The molecule has 8 nitrogen and oxygen atoms in total. The van der Waals surface area contributed by atoms with Gasteiger partial charge in [-0.3, -0.25) is 13.9 Å². The van der Waals surface area contributed by atoms with Gasteiger partial charge in [-0.25, -0.2) is 8.42 Å². The number of hydrogen-bond acceptors (Lipinski definition) is 5. The number of carbonyl (C=O) groups is 2. The van der Waals surface area contributed by atoms with Crippen LogP contribution in [-0.4, -0.2) is 50.9 Å². The maximum Gasteiger partial charge on any atom is 0.264 e. The van der Waals surface area contributed by atoms with Gasteiger partial charge in [-0.1, -0.05) is 66.5 Å². The number of nitrogens with one attached hydrogen (secondary N) is 1. The fourth-order valence-corrected chi connectivity index (χ4v) is 5.72. The molecular formula is C29H33Cl2N3O5S. The van der Waals surface area contributed by atoms with Crippen LogP contribution in [0.5, 0.6) is 5.75 Å². The first-order valence-corrected chi connectivity index (χ1v) is 14.9. The molecule has 214 valence electrons. The van der Waals surface area contributed by atoms with Crippen LogP contribution in [0.1, 0.15) is 32.8 Å². The van der Waals surface area contributed by atoms with Crippen molar-refractivity contribution in [3.8, 4) is 5.75 Å². The molecule has 0 spiro atoms. The number of nitrogens with zero attached hydrogens (tertiary/aromatic N) is 2. The molecular weight excluding hydrogens is 573 g/mol. The largest absolute Gasteiger partial charge is 0.495 e. The molecule has 1 N–H and O–H groups in total. The first kappa shape index (κ1) is 31.3. The number of benzene rings is 3. The molecule has 0 fully saturated rings. The Kier molecular flexibility index (Phi) is 10.8. The standard InChI is InChI=1S/C29H33Cl2N3O5S/c1-5-20(2)32-29(36)21(3)33(18-22-15-16-24(30)25(31)17-22)28(35)19-34(26-13-9-10-14-27(26)39-4)40(37,38)23-11-7-6-8-12-23/h6-17,20-21H,5,18-19H2,1-4H3,(H,32,36)/t20-,21+/m1/s1. The summed E-state index contributed by atoms with van der Waals surface area (Å²) in [5.74, 6) is -0.686. The zero-order valence-electron chi connectivity index (χ0n) is 22.8. The summed E-state index contributed by atoms with van der Waals surface area (Å²) in [6.45, 7) is 4.82. The van der Waals surface area contributed by atoms with E-state index in [1.807, 2.05) is 13.8 Å². The zero-order valence-corrected chi connectivity index (χ0v) is 25.1. The van der Waals surface area contributed by atoms with E-state index in [-0.39, 0.29) is 34.8 Å². The Hall–Kier alpha value is -3.27. The van der Waals surface area contributed by atoms with E-state index in [0.717, 1.165) is 4.31 Å². The molecule has 0 aliphatic rings. The average molecular weight is 607 g/mol. The van der Waals surface area contributed by atoms with E-state index in [2.05, 4.69) is 5.32 Å². The monoisotopic (exact) mass is 605 g/mol. The Labute approximate surface area is 245 Å². The van der Waals surface area contributed by atoms with Crippen molar-refractivity contribution in [3.05, 3.63) is 88.4 Å². The lowest BCUT2D eigenvalue weighted by Gasteiger charge is -2.32. The van der Waals surface area contributed by atoms with Crippen LogP contribution in [0.4, 0.5) is 5.69 Å². The highest BCUT2D eigenvalue weighted by Gasteiger charge is 2.34. The molecule has 0 aliphatic heterocycles. The molecule has 0 unspecified atom stereocenters. The summed E-state index contributed by atoms with van der Waals surface area (Å²) in [6.07, 6.45) is 0.704. The quantitative estimate of drug-likeness (QED) is 0.293. The van der Waals surface area contributed by atoms with Crippen LogP contribution >= 0.6 is 23.2 Å². The highest BCUT2D eigenvalue weighted by Crippen LogP contribution is 2.32. The molecule has 2 atom stereocenters. The van der Waals surface area contributed by atoms with Gasteiger partial charge < -0.3 is 15.0 Å². The summed E-state index contributed by atoms with van der Waals surface area (Å²) in [5, 5.41) is 3.54. The van der Waals surface area contributed by atoms with E-state index in [1.54, 1.807) is 67.6 Å². The van der Waals surface area contributed by atoms with Gasteiger partial charge in [0.2, 0.25) is 11.8 Å². The number of sulfonamides is 1. The van der Waals surface area contributed by atoms with Crippen molar-refractivity contribution in [3.63, 3.8) is 0 Å². The van der Waals surface area contributed by atoms with Gasteiger partial charge in [0.15, 0.2) is 0 Å². The van der Waals surface area contributed by atoms with Crippen LogP contribution in [0.15, 0.2) is 77.7 Å². The molecule has 0 saturated heterocycles. The Morgan fingerprint density at radius 3 is 2.23 bits per heavy atom. The van der Waals surface area contributed by atoms with Crippen LogP contribution in [-0.2, 0) is 26.2 Å². The maximum atomic E-state index is 14.0. The molecule has 3 rings (SSSR count). The number of amides is 2. The van der Waals surface area contributed by atoms with Crippen LogP contribution in [0.25, 0.3) is 0 Å². The van der Waals surface area contributed by atoms with Crippen LogP contribution in [0, 0.1) is 0 Å². The molecule has 11 heteroatoms. The van der Waals surface area contributed by atoms with Crippen molar-refractivity contribution in [2.24, 2.45) is 0 Å². The van der Waals surface area contributed by atoms with Crippen LogP contribution < -0.4 is 14.4 Å². The second kappa shape index (κ2) is 13.9. The third-order valence-corrected chi connectivity index (χ3v) is 8.98. The second-order valence-electron chi connectivity index (χ2n) is 9.26. The fourth-order valence-electron chi connectivity index (χ4n) is 3.95. The smallest absolute Gasteiger partial charge is 0.264 e. The van der Waals surface area contributed by atoms with Gasteiger partial charge in [0.05, 0.1) is 27.7 Å². The molecule has 0 saturated carbocycles. The molecule has 0 radical (unpaired) electrons. The first-order chi connectivity index (χ1) is 19.0. The minimum atomic E-state index is -4.20. The van der Waals surface area contributed by atoms with Gasteiger partial charge in [0.25, 0.3) is 10.0 Å². The van der Waals surface area contributed by atoms with Crippen molar-refractivity contribution in [1.82, 2.24) is 10.2 Å². The van der Waals surface area contributed by atoms with Gasteiger partial charge in [-0.15, -0.1) is 0 Å². The summed E-state index contributed by atoms with van der Waals surface area (Å²) in [6, 6.07) is 18.2. The van der Waals surface area contributed by atoms with Crippen molar-refractivity contribution in [2.45, 2.75) is 50.7 Å². The SMILES string of the molecule is CC[C@@H](C)NC(=O)[C@H](C)N(Cc1ccc(Cl)c(Cl)c1)C(=O)CN(c1ccccc1OC)S(=O)(=O)c1ccccc1. The summed E-state index contributed by atoms with van der Waals surface area (Å²) in [7, 11) is -2.78. The van der Waals surface area contributed by atoms with E-state index < -0.39 is 28.5 Å². The van der Waals surface area contributed by atoms with E-state index in [0.29, 0.717) is 22.0 Å². The molecule has 3 aromatic rings. The number of halogens is 2.